The average molecular weight is 394 g/mol. The maximum atomic E-state index is 11.5. The van der Waals surface area contributed by atoms with E-state index in [1.165, 1.54) is 43.3 Å². The molecule has 2 aromatic rings. The van der Waals surface area contributed by atoms with Gasteiger partial charge in [-0.1, -0.05) is 36.2 Å². The van der Waals surface area contributed by atoms with Crippen LogP contribution >= 0.6 is 23.2 Å². The van der Waals surface area contributed by atoms with Gasteiger partial charge >= 0.3 is 0 Å². The molecule has 7 nitrogen and oxygen atoms in total. The highest BCUT2D eigenvalue weighted by atomic mass is 35.5. The summed E-state index contributed by atoms with van der Waals surface area (Å²) in [6.07, 6.45) is 2.68. The number of halogens is 2. The molecular formula is C14H17Cl2N3O4S. The third-order valence-corrected chi connectivity index (χ3v) is 6.09. The molecule has 0 aliphatic heterocycles. The van der Waals surface area contributed by atoms with Crippen LogP contribution in [0.3, 0.4) is 0 Å². The monoisotopic (exact) mass is 393 g/mol. The summed E-state index contributed by atoms with van der Waals surface area (Å²) < 4.78 is 33.8. The molecule has 1 heterocycles. The first-order valence-electron chi connectivity index (χ1n) is 7.02. The highest BCUT2D eigenvalue weighted by Crippen LogP contribution is 2.39. The van der Waals surface area contributed by atoms with Crippen molar-refractivity contribution in [1.82, 2.24) is 14.8 Å². The lowest BCUT2D eigenvalue weighted by Gasteiger charge is -2.37. The zero-order valence-corrected chi connectivity index (χ0v) is 15.3. The van der Waals surface area contributed by atoms with Crippen molar-refractivity contribution in [2.45, 2.75) is 31.2 Å². The Hall–Kier alpha value is -1.19. The molecule has 3 unspecified atom stereocenters. The van der Waals surface area contributed by atoms with Crippen molar-refractivity contribution in [1.29, 1.82) is 0 Å². The minimum absolute atomic E-state index is 0.102. The Morgan fingerprint density at radius 1 is 1.33 bits per heavy atom. The largest absolute Gasteiger partial charge is 0.383 e. The maximum Gasteiger partial charge on any atom is 0.267 e. The number of benzene rings is 1. The van der Waals surface area contributed by atoms with Gasteiger partial charge < -0.3 is 5.11 Å². The molecule has 0 saturated heterocycles. The quantitative estimate of drug-likeness (QED) is 0.729. The molecule has 0 bridgehead atoms. The van der Waals surface area contributed by atoms with E-state index in [2.05, 4.69) is 10.1 Å². The topological polar surface area (TPSA) is 105 Å². The predicted molar refractivity (Wildman–Crippen MR) is 90.6 cm³/mol. The minimum atomic E-state index is -4.37. The molecule has 0 fully saturated rings. The van der Waals surface area contributed by atoms with Gasteiger partial charge in [-0.05, 0) is 19.1 Å². The van der Waals surface area contributed by atoms with Gasteiger partial charge in [0.1, 0.15) is 18.3 Å². The number of rotatable bonds is 6. The van der Waals surface area contributed by atoms with Crippen molar-refractivity contribution in [3.8, 4) is 0 Å². The van der Waals surface area contributed by atoms with Gasteiger partial charge in [-0.15, -0.1) is 0 Å². The van der Waals surface area contributed by atoms with Gasteiger partial charge in [-0.3, -0.25) is 4.55 Å². The number of hydrogen-bond donors (Lipinski definition) is 2. The maximum absolute atomic E-state index is 11.5. The fraction of sp³-hybridized carbons (Fsp3) is 0.429. The Labute approximate surface area is 150 Å². The lowest BCUT2D eigenvalue weighted by atomic mass is 9.80. The zero-order valence-electron chi connectivity index (χ0n) is 13.0. The summed E-state index contributed by atoms with van der Waals surface area (Å²) >= 11 is 12.1. The van der Waals surface area contributed by atoms with Crippen molar-refractivity contribution in [3.63, 3.8) is 0 Å². The molecule has 0 aliphatic carbocycles. The number of nitrogens with zero attached hydrogens (tertiary/aromatic N) is 3. The molecule has 24 heavy (non-hydrogen) atoms. The summed E-state index contributed by atoms with van der Waals surface area (Å²) in [6, 6.07) is 4.52. The Morgan fingerprint density at radius 2 is 2.00 bits per heavy atom. The summed E-state index contributed by atoms with van der Waals surface area (Å²) in [5, 5.41) is 14.6. The van der Waals surface area contributed by atoms with E-state index in [4.69, 9.17) is 23.2 Å². The van der Waals surface area contributed by atoms with Crippen LogP contribution in [0.15, 0.2) is 30.9 Å². The molecular weight excluding hydrogens is 377 g/mol. The second-order valence-corrected chi connectivity index (χ2v) is 8.27. The van der Waals surface area contributed by atoms with Crippen molar-refractivity contribution < 1.29 is 18.1 Å². The van der Waals surface area contributed by atoms with Gasteiger partial charge in [0.2, 0.25) is 0 Å². The predicted octanol–water partition coefficient (Wildman–Crippen LogP) is 2.39. The molecule has 0 radical (unpaired) electrons. The molecule has 0 spiro atoms. The summed E-state index contributed by atoms with van der Waals surface area (Å²) in [4.78, 5) is 3.81. The van der Waals surface area contributed by atoms with E-state index in [1.807, 2.05) is 0 Å². The Balaban J connectivity index is 2.56. The standard InChI is InChI=1S/C14H17Cl2N3O4S/c1-9(10(2)24(21,22)23)14(20,6-19-8-17-7-18-19)12-4-3-11(15)5-13(12)16/h3-5,7-10,20H,6H2,1-2H3,(H,21,22,23). The second-order valence-electron chi connectivity index (χ2n) is 5.65. The van der Waals surface area contributed by atoms with Crippen LogP contribution in [0.4, 0.5) is 0 Å². The van der Waals surface area contributed by atoms with Gasteiger partial charge in [0.05, 0.1) is 11.8 Å². The van der Waals surface area contributed by atoms with E-state index in [9.17, 15) is 18.1 Å². The molecule has 0 saturated carbocycles. The third-order valence-electron chi connectivity index (χ3n) is 4.19. The Kier molecular flexibility index (Phi) is 5.56. The molecule has 1 aromatic heterocycles. The Morgan fingerprint density at radius 3 is 2.50 bits per heavy atom. The fourth-order valence-electron chi connectivity index (χ4n) is 2.52. The summed E-state index contributed by atoms with van der Waals surface area (Å²) in [5.74, 6) is -0.907. The first-order chi connectivity index (χ1) is 11.1. The summed E-state index contributed by atoms with van der Waals surface area (Å²) in [6.45, 7) is 2.73. The highest BCUT2D eigenvalue weighted by Gasteiger charge is 2.44. The number of aromatic nitrogens is 3. The second kappa shape index (κ2) is 6.97. The van der Waals surface area contributed by atoms with Crippen LogP contribution in [0.1, 0.15) is 19.4 Å². The highest BCUT2D eigenvalue weighted by molar-refractivity contribution is 7.86. The van der Waals surface area contributed by atoms with Crippen LogP contribution in [0.25, 0.3) is 0 Å². The van der Waals surface area contributed by atoms with Crippen LogP contribution in [0.2, 0.25) is 10.0 Å². The van der Waals surface area contributed by atoms with Gasteiger partial charge in [0.15, 0.2) is 0 Å². The third kappa shape index (κ3) is 3.89. The van der Waals surface area contributed by atoms with Crippen LogP contribution in [0, 0.1) is 5.92 Å². The van der Waals surface area contributed by atoms with E-state index >= 15 is 0 Å². The van der Waals surface area contributed by atoms with E-state index in [0.717, 1.165) is 0 Å². The fourth-order valence-corrected chi connectivity index (χ4v) is 3.84. The van der Waals surface area contributed by atoms with E-state index in [1.54, 1.807) is 6.07 Å². The SMILES string of the molecule is CC(C(C)S(=O)(=O)O)C(O)(Cn1cncn1)c1ccc(Cl)cc1Cl. The number of aliphatic hydroxyl groups is 1. The molecule has 0 amide bonds. The minimum Gasteiger partial charge on any atom is -0.383 e. The lowest BCUT2D eigenvalue weighted by Crippen LogP contribution is -2.45. The number of hydrogen-bond acceptors (Lipinski definition) is 5. The Bertz CT molecular complexity index is 813. The van der Waals surface area contributed by atoms with Gasteiger partial charge in [0, 0.05) is 21.5 Å². The van der Waals surface area contributed by atoms with Crippen LogP contribution in [-0.4, -0.2) is 38.1 Å². The molecule has 3 atom stereocenters. The molecule has 2 N–H and O–H groups in total. The lowest BCUT2D eigenvalue weighted by molar-refractivity contribution is -0.0367. The smallest absolute Gasteiger partial charge is 0.267 e. The summed E-state index contributed by atoms with van der Waals surface area (Å²) in [7, 11) is -4.37. The summed E-state index contributed by atoms with van der Waals surface area (Å²) in [5.41, 5.74) is -1.45. The van der Waals surface area contributed by atoms with Crippen LogP contribution in [-0.2, 0) is 22.3 Å². The van der Waals surface area contributed by atoms with Crippen LogP contribution < -0.4 is 0 Å². The van der Waals surface area contributed by atoms with E-state index in [-0.39, 0.29) is 17.1 Å². The first-order valence-corrected chi connectivity index (χ1v) is 9.28. The molecule has 0 aliphatic rings. The molecule has 132 valence electrons. The first kappa shape index (κ1) is 19.1. The zero-order chi connectivity index (χ0) is 18.1. The average Bonchev–Trinajstić information content (AvgIpc) is 2.97. The van der Waals surface area contributed by atoms with Crippen molar-refractivity contribution in [3.05, 3.63) is 46.5 Å². The molecule has 2 rings (SSSR count). The molecule has 10 heteroatoms. The van der Waals surface area contributed by atoms with Gasteiger partial charge in [-0.25, -0.2) is 9.67 Å². The van der Waals surface area contributed by atoms with E-state index in [0.29, 0.717) is 5.02 Å². The van der Waals surface area contributed by atoms with Gasteiger partial charge in [-0.2, -0.15) is 13.5 Å². The molecule has 1 aromatic carbocycles. The van der Waals surface area contributed by atoms with Crippen LogP contribution in [0.5, 0.6) is 0 Å². The van der Waals surface area contributed by atoms with Gasteiger partial charge in [0.25, 0.3) is 10.1 Å². The van der Waals surface area contributed by atoms with Crippen molar-refractivity contribution in [2.75, 3.05) is 0 Å². The van der Waals surface area contributed by atoms with E-state index < -0.39 is 26.9 Å². The van der Waals surface area contributed by atoms with Crippen molar-refractivity contribution >= 4 is 33.3 Å². The normalized spacial score (nSPS) is 17.2. The van der Waals surface area contributed by atoms with Crippen molar-refractivity contribution in [2.24, 2.45) is 5.92 Å².